The van der Waals surface area contributed by atoms with Crippen LogP contribution < -0.4 is 14.4 Å². The molecule has 186 valence electrons. The first-order chi connectivity index (χ1) is 16.2. The molecule has 0 fully saturated rings. The molecule has 0 aliphatic carbocycles. The van der Waals surface area contributed by atoms with Crippen molar-refractivity contribution in [3.8, 4) is 5.75 Å². The van der Waals surface area contributed by atoms with E-state index >= 15 is 0 Å². The molecule has 0 saturated carbocycles. The van der Waals surface area contributed by atoms with Crippen LogP contribution in [-0.2, 0) is 26.2 Å². The number of amides is 2. The van der Waals surface area contributed by atoms with Gasteiger partial charge in [0.1, 0.15) is 11.8 Å². The van der Waals surface area contributed by atoms with Gasteiger partial charge < -0.3 is 15.0 Å². The fourth-order valence-corrected chi connectivity index (χ4v) is 4.48. The van der Waals surface area contributed by atoms with E-state index in [1.807, 2.05) is 37.3 Å². The van der Waals surface area contributed by atoms with E-state index in [0.29, 0.717) is 30.9 Å². The lowest BCUT2D eigenvalue weighted by Gasteiger charge is -2.29. The quantitative estimate of drug-likeness (QED) is 0.466. The van der Waals surface area contributed by atoms with Crippen molar-refractivity contribution >= 4 is 27.5 Å². The van der Waals surface area contributed by atoms with Crippen LogP contribution in [0.25, 0.3) is 0 Å². The van der Waals surface area contributed by atoms with Crippen molar-refractivity contribution in [1.29, 1.82) is 0 Å². The number of hydrogen-bond donors (Lipinski definition) is 1. The molecule has 34 heavy (non-hydrogen) atoms. The van der Waals surface area contributed by atoms with Crippen LogP contribution in [0, 0.1) is 0 Å². The highest BCUT2D eigenvalue weighted by Crippen LogP contribution is 2.22. The summed E-state index contributed by atoms with van der Waals surface area (Å²) in [6.07, 6.45) is 2.37. The third kappa shape index (κ3) is 8.06. The van der Waals surface area contributed by atoms with Gasteiger partial charge in [-0.05, 0) is 49.6 Å². The smallest absolute Gasteiger partial charge is 0.242 e. The zero-order valence-electron chi connectivity index (χ0n) is 20.4. The van der Waals surface area contributed by atoms with E-state index in [2.05, 4.69) is 5.32 Å². The Hall–Kier alpha value is -3.07. The number of sulfonamides is 1. The molecule has 1 atom stereocenters. The lowest BCUT2D eigenvalue weighted by atomic mass is 10.1. The highest BCUT2D eigenvalue weighted by Gasteiger charge is 2.26. The van der Waals surface area contributed by atoms with Crippen molar-refractivity contribution in [2.45, 2.75) is 45.7 Å². The van der Waals surface area contributed by atoms with Gasteiger partial charge in [0.25, 0.3) is 0 Å². The fourth-order valence-electron chi connectivity index (χ4n) is 3.51. The van der Waals surface area contributed by atoms with Gasteiger partial charge in [0.2, 0.25) is 21.8 Å². The Morgan fingerprint density at radius 3 is 2.26 bits per heavy atom. The van der Waals surface area contributed by atoms with Crippen molar-refractivity contribution in [2.24, 2.45) is 0 Å². The second-order valence-corrected chi connectivity index (χ2v) is 10.0. The van der Waals surface area contributed by atoms with Gasteiger partial charge in [0.15, 0.2) is 0 Å². The van der Waals surface area contributed by atoms with Crippen molar-refractivity contribution in [3.63, 3.8) is 0 Å². The molecule has 2 rings (SSSR count). The Kier molecular flexibility index (Phi) is 10.4. The monoisotopic (exact) mass is 489 g/mol. The molecule has 0 unspecified atom stereocenters. The van der Waals surface area contributed by atoms with Gasteiger partial charge in [-0.15, -0.1) is 0 Å². The predicted octanol–water partition coefficient (Wildman–Crippen LogP) is 3.18. The predicted molar refractivity (Wildman–Crippen MR) is 134 cm³/mol. The van der Waals surface area contributed by atoms with Gasteiger partial charge in [-0.25, -0.2) is 8.42 Å². The molecule has 2 amide bonds. The highest BCUT2D eigenvalue weighted by atomic mass is 32.2. The lowest BCUT2D eigenvalue weighted by Crippen LogP contribution is -2.47. The summed E-state index contributed by atoms with van der Waals surface area (Å²) < 4.78 is 31.2. The lowest BCUT2D eigenvalue weighted by molar-refractivity contribution is -0.140. The Bertz CT molecular complexity index is 1030. The molecule has 2 aromatic carbocycles. The van der Waals surface area contributed by atoms with Crippen molar-refractivity contribution in [3.05, 3.63) is 60.2 Å². The number of benzene rings is 2. The van der Waals surface area contributed by atoms with Crippen LogP contribution in [0.3, 0.4) is 0 Å². The average molecular weight is 490 g/mol. The maximum atomic E-state index is 13.2. The van der Waals surface area contributed by atoms with Gasteiger partial charge >= 0.3 is 0 Å². The van der Waals surface area contributed by atoms with Crippen LogP contribution >= 0.6 is 0 Å². The van der Waals surface area contributed by atoms with Crippen LogP contribution in [-0.4, -0.2) is 57.6 Å². The number of anilines is 1. The minimum atomic E-state index is -3.54. The first-order valence-corrected chi connectivity index (χ1v) is 13.2. The summed E-state index contributed by atoms with van der Waals surface area (Å²) in [6.45, 7) is 4.67. The molecule has 0 radical (unpaired) electrons. The summed E-state index contributed by atoms with van der Waals surface area (Å²) in [7, 11) is -2.00. The maximum absolute atomic E-state index is 13.2. The molecular formula is C25H35N3O5S. The number of carbonyl (C=O) groups is 2. The molecule has 0 aromatic heterocycles. The second-order valence-electron chi connectivity index (χ2n) is 8.11. The molecule has 8 nitrogen and oxygen atoms in total. The minimum absolute atomic E-state index is 0.112. The number of ether oxygens (including phenoxy) is 1. The van der Waals surface area contributed by atoms with E-state index in [1.54, 1.807) is 43.2 Å². The number of hydrogen-bond acceptors (Lipinski definition) is 5. The minimum Gasteiger partial charge on any atom is -0.497 e. The number of nitrogens with one attached hydrogen (secondary N) is 1. The zero-order valence-corrected chi connectivity index (χ0v) is 21.2. The average Bonchev–Trinajstić information content (AvgIpc) is 2.83. The summed E-state index contributed by atoms with van der Waals surface area (Å²) in [4.78, 5) is 27.3. The number of nitrogens with zero attached hydrogens (tertiary/aromatic N) is 2. The Morgan fingerprint density at radius 2 is 1.71 bits per heavy atom. The third-order valence-corrected chi connectivity index (χ3v) is 6.62. The van der Waals surface area contributed by atoms with E-state index in [0.717, 1.165) is 18.2 Å². The Morgan fingerprint density at radius 1 is 1.06 bits per heavy atom. The molecular weight excluding hydrogens is 454 g/mol. The molecule has 9 heteroatoms. The maximum Gasteiger partial charge on any atom is 0.242 e. The summed E-state index contributed by atoms with van der Waals surface area (Å²) in [6, 6.07) is 15.6. The zero-order chi connectivity index (χ0) is 25.1. The first kappa shape index (κ1) is 27.2. The third-order valence-electron chi connectivity index (χ3n) is 5.42. The van der Waals surface area contributed by atoms with Crippen LogP contribution in [0.4, 0.5) is 5.69 Å². The number of rotatable bonds is 13. The van der Waals surface area contributed by atoms with Crippen LogP contribution in [0.2, 0.25) is 0 Å². The fraction of sp³-hybridized carbons (Fsp3) is 0.440. The van der Waals surface area contributed by atoms with E-state index in [-0.39, 0.29) is 24.8 Å². The van der Waals surface area contributed by atoms with Gasteiger partial charge in [0, 0.05) is 26.1 Å². The van der Waals surface area contributed by atoms with E-state index in [4.69, 9.17) is 4.74 Å². The largest absolute Gasteiger partial charge is 0.497 e. The van der Waals surface area contributed by atoms with E-state index in [9.17, 15) is 18.0 Å². The van der Waals surface area contributed by atoms with E-state index in [1.165, 1.54) is 4.31 Å². The van der Waals surface area contributed by atoms with Crippen molar-refractivity contribution in [2.75, 3.05) is 30.8 Å². The summed E-state index contributed by atoms with van der Waals surface area (Å²) in [5.74, 6) is 0.215. The second kappa shape index (κ2) is 13.0. The van der Waals surface area contributed by atoms with Gasteiger partial charge in [-0.3, -0.25) is 13.9 Å². The van der Waals surface area contributed by atoms with Crippen LogP contribution in [0.1, 0.15) is 38.7 Å². The molecule has 0 bridgehead atoms. The SMILES string of the molecule is CCCNC(=O)[C@@H](C)N(Cc1ccccc1)C(=O)CCCN(c1ccc(OC)cc1)S(C)(=O)=O. The van der Waals surface area contributed by atoms with Crippen molar-refractivity contribution < 1.29 is 22.7 Å². The van der Waals surface area contributed by atoms with Crippen molar-refractivity contribution in [1.82, 2.24) is 10.2 Å². The van der Waals surface area contributed by atoms with Gasteiger partial charge in [-0.2, -0.15) is 0 Å². The first-order valence-electron chi connectivity index (χ1n) is 11.4. The molecule has 1 N–H and O–H groups in total. The number of carbonyl (C=O) groups excluding carboxylic acids is 2. The Balaban J connectivity index is 2.11. The standard InChI is InChI=1S/C25H35N3O5S/c1-5-17-26-25(30)20(2)27(19-21-10-7-6-8-11-21)24(29)12-9-18-28(34(4,31)32)22-13-15-23(33-3)16-14-22/h6-8,10-11,13-16,20H,5,9,12,17-19H2,1-4H3,(H,26,30)/t20-/m1/s1. The van der Waals surface area contributed by atoms with Gasteiger partial charge in [0.05, 0.1) is 19.1 Å². The number of methoxy groups -OCH3 is 1. The van der Waals surface area contributed by atoms with E-state index < -0.39 is 16.1 Å². The normalized spacial score (nSPS) is 12.0. The summed E-state index contributed by atoms with van der Waals surface area (Å²) >= 11 is 0. The molecule has 0 spiro atoms. The molecule has 0 aliphatic heterocycles. The van der Waals surface area contributed by atoms with Crippen LogP contribution in [0.5, 0.6) is 5.75 Å². The molecule has 0 aliphatic rings. The molecule has 2 aromatic rings. The summed E-state index contributed by atoms with van der Waals surface area (Å²) in [5, 5.41) is 2.85. The highest BCUT2D eigenvalue weighted by molar-refractivity contribution is 7.92. The van der Waals surface area contributed by atoms with Gasteiger partial charge in [-0.1, -0.05) is 37.3 Å². The topological polar surface area (TPSA) is 96.0 Å². The Labute approximate surface area is 202 Å². The summed E-state index contributed by atoms with van der Waals surface area (Å²) in [5.41, 5.74) is 1.42. The van der Waals surface area contributed by atoms with Crippen LogP contribution in [0.15, 0.2) is 54.6 Å². The molecule has 0 saturated heterocycles. The molecule has 0 heterocycles.